The van der Waals surface area contributed by atoms with Crippen LogP contribution in [0.3, 0.4) is 0 Å². The van der Waals surface area contributed by atoms with E-state index in [1.165, 1.54) is 0 Å². The van der Waals surface area contributed by atoms with Gasteiger partial charge >= 0.3 is 5.97 Å². The molecule has 0 spiro atoms. The molecule has 0 unspecified atom stereocenters. The van der Waals surface area contributed by atoms with Gasteiger partial charge in [-0.25, -0.2) is 0 Å². The van der Waals surface area contributed by atoms with Crippen molar-refractivity contribution in [3.05, 3.63) is 45.8 Å². The molecular weight excluding hydrogens is 390 g/mol. The minimum Gasteiger partial charge on any atom is -0.480 e. The van der Waals surface area contributed by atoms with Crippen LogP contribution >= 0.6 is 35.7 Å². The average molecular weight is 404 g/mol. The maximum atomic E-state index is 12.3. The zero-order valence-electron chi connectivity index (χ0n) is 13.6. The number of thioether (sulfide) groups is 2. The molecule has 1 amide bonds. The maximum absolute atomic E-state index is 12.3. The molecule has 1 fully saturated rings. The lowest BCUT2D eigenvalue weighted by Gasteiger charge is -2.17. The molecule has 26 heavy (non-hydrogen) atoms. The number of rotatable bonds is 4. The second-order valence-corrected chi connectivity index (χ2v) is 8.07. The summed E-state index contributed by atoms with van der Waals surface area (Å²) in [5, 5.41) is 18.9. The van der Waals surface area contributed by atoms with Gasteiger partial charge in [0.1, 0.15) is 10.9 Å². The van der Waals surface area contributed by atoms with E-state index in [-0.39, 0.29) is 4.32 Å². The summed E-state index contributed by atoms with van der Waals surface area (Å²) in [4.78, 5) is 27.8. The Balaban J connectivity index is 1.86. The van der Waals surface area contributed by atoms with Crippen LogP contribution in [-0.4, -0.2) is 39.3 Å². The third-order valence-electron chi connectivity index (χ3n) is 3.72. The van der Waals surface area contributed by atoms with Crippen LogP contribution in [0.4, 0.5) is 5.69 Å². The number of amides is 1. The first-order chi connectivity index (χ1) is 12.4. The van der Waals surface area contributed by atoms with Gasteiger partial charge in [0, 0.05) is 11.4 Å². The van der Waals surface area contributed by atoms with E-state index in [2.05, 4.69) is 11.0 Å². The number of thiocarbonyl (C=S) groups is 1. The molecule has 2 heterocycles. The average Bonchev–Trinajstić information content (AvgIpc) is 3.10. The molecule has 2 aliphatic heterocycles. The Bertz CT molecular complexity index is 918. The SMILES string of the molecule is CCN1/C(=C/C=C2/SC(=S)N(CC(=O)O)C2=O)Sc2ccc(C#N)cc21. The number of hydrogen-bond donors (Lipinski definition) is 1. The summed E-state index contributed by atoms with van der Waals surface area (Å²) in [5.41, 5.74) is 1.56. The van der Waals surface area contributed by atoms with Crippen molar-refractivity contribution in [2.75, 3.05) is 18.0 Å². The summed E-state index contributed by atoms with van der Waals surface area (Å²) < 4.78 is 0.246. The molecule has 0 aliphatic carbocycles. The molecule has 0 bridgehead atoms. The number of carboxylic acids is 1. The number of anilines is 1. The summed E-state index contributed by atoms with van der Waals surface area (Å²) in [5.74, 6) is -1.50. The number of hydrogen-bond acceptors (Lipinski definition) is 7. The first kappa shape index (κ1) is 18.5. The van der Waals surface area contributed by atoms with E-state index in [4.69, 9.17) is 22.6 Å². The molecule has 1 aromatic rings. The highest BCUT2D eigenvalue weighted by atomic mass is 32.2. The van der Waals surface area contributed by atoms with Gasteiger partial charge in [0.25, 0.3) is 5.91 Å². The molecule has 1 saturated heterocycles. The van der Waals surface area contributed by atoms with Gasteiger partial charge in [-0.2, -0.15) is 5.26 Å². The quantitative estimate of drug-likeness (QED) is 0.606. The number of carboxylic acid groups (broad SMARTS) is 1. The number of fused-ring (bicyclic) bond motifs is 1. The molecule has 0 saturated carbocycles. The Hall–Kier alpha value is -2.28. The van der Waals surface area contributed by atoms with Gasteiger partial charge in [0.2, 0.25) is 0 Å². The van der Waals surface area contributed by atoms with Crippen molar-refractivity contribution in [1.82, 2.24) is 4.90 Å². The molecule has 2 aliphatic rings. The van der Waals surface area contributed by atoms with E-state index in [0.29, 0.717) is 17.0 Å². The third kappa shape index (κ3) is 3.49. The summed E-state index contributed by atoms with van der Waals surface area (Å²) in [6.07, 6.45) is 3.50. The Morgan fingerprint density at radius 2 is 2.12 bits per heavy atom. The number of nitrogens with zero attached hydrogens (tertiary/aromatic N) is 3. The fourth-order valence-corrected chi connectivity index (χ4v) is 4.86. The molecule has 0 radical (unpaired) electrons. The summed E-state index contributed by atoms with van der Waals surface area (Å²) in [6, 6.07) is 7.68. The lowest BCUT2D eigenvalue weighted by atomic mass is 10.2. The smallest absolute Gasteiger partial charge is 0.323 e. The van der Waals surface area contributed by atoms with E-state index in [0.717, 1.165) is 32.3 Å². The van der Waals surface area contributed by atoms with Gasteiger partial charge < -0.3 is 10.0 Å². The van der Waals surface area contributed by atoms with E-state index < -0.39 is 18.4 Å². The number of aliphatic carboxylic acids is 1. The highest BCUT2D eigenvalue weighted by Crippen LogP contribution is 2.46. The second kappa shape index (κ2) is 7.53. The van der Waals surface area contributed by atoms with Crippen molar-refractivity contribution in [3.63, 3.8) is 0 Å². The number of carbonyl (C=O) groups is 2. The summed E-state index contributed by atoms with van der Waals surface area (Å²) >= 11 is 7.74. The van der Waals surface area contributed by atoms with Crippen molar-refractivity contribution >= 4 is 57.6 Å². The monoisotopic (exact) mass is 403 g/mol. The topological polar surface area (TPSA) is 84.6 Å². The number of carbonyl (C=O) groups excluding carboxylic acids is 1. The zero-order valence-corrected chi connectivity index (χ0v) is 16.1. The van der Waals surface area contributed by atoms with Crippen molar-refractivity contribution in [3.8, 4) is 6.07 Å². The molecule has 132 valence electrons. The van der Waals surface area contributed by atoms with Crippen LogP contribution < -0.4 is 4.90 Å². The second-order valence-electron chi connectivity index (χ2n) is 5.33. The molecule has 1 N–H and O–H groups in total. The molecule has 0 aromatic heterocycles. The first-order valence-electron chi connectivity index (χ1n) is 7.61. The van der Waals surface area contributed by atoms with Gasteiger partial charge in [-0.3, -0.25) is 14.5 Å². The Labute approximate surface area is 164 Å². The van der Waals surface area contributed by atoms with Gasteiger partial charge in [-0.1, -0.05) is 35.7 Å². The molecule has 3 rings (SSSR count). The van der Waals surface area contributed by atoms with Crippen LogP contribution in [0.5, 0.6) is 0 Å². The third-order valence-corrected chi connectivity index (χ3v) is 6.25. The van der Waals surface area contributed by atoms with Crippen molar-refractivity contribution in [1.29, 1.82) is 5.26 Å². The lowest BCUT2D eigenvalue weighted by molar-refractivity contribution is -0.140. The Kier molecular flexibility index (Phi) is 5.36. The Morgan fingerprint density at radius 3 is 2.77 bits per heavy atom. The van der Waals surface area contributed by atoms with Gasteiger partial charge in [0.05, 0.1) is 27.3 Å². The van der Waals surface area contributed by atoms with E-state index in [1.807, 2.05) is 25.1 Å². The van der Waals surface area contributed by atoms with Crippen molar-refractivity contribution < 1.29 is 14.7 Å². The number of allylic oxidation sites excluding steroid dienone is 2. The largest absolute Gasteiger partial charge is 0.480 e. The van der Waals surface area contributed by atoms with E-state index in [1.54, 1.807) is 23.9 Å². The Morgan fingerprint density at radius 1 is 1.35 bits per heavy atom. The fourth-order valence-electron chi connectivity index (χ4n) is 2.55. The predicted molar refractivity (Wildman–Crippen MR) is 106 cm³/mol. The molecule has 1 aromatic carbocycles. The number of nitriles is 1. The van der Waals surface area contributed by atoms with Crippen LogP contribution in [0.2, 0.25) is 0 Å². The van der Waals surface area contributed by atoms with Crippen molar-refractivity contribution in [2.24, 2.45) is 0 Å². The first-order valence-corrected chi connectivity index (χ1v) is 9.65. The standard InChI is InChI=1S/C17H13N3O3S3/c1-2-19-11-7-10(8-18)3-4-12(11)25-14(19)6-5-13-16(23)20(9-15(21)22)17(24)26-13/h3-7H,2,9H2,1H3,(H,21,22)/b13-5+,14-6-. The molecule has 0 atom stereocenters. The van der Waals surface area contributed by atoms with Crippen LogP contribution in [0, 0.1) is 11.3 Å². The zero-order chi connectivity index (χ0) is 18.8. The lowest BCUT2D eigenvalue weighted by Crippen LogP contribution is -2.33. The molecule has 9 heteroatoms. The van der Waals surface area contributed by atoms with Gasteiger partial charge in [-0.15, -0.1) is 0 Å². The van der Waals surface area contributed by atoms with Crippen LogP contribution in [-0.2, 0) is 9.59 Å². The van der Waals surface area contributed by atoms with Crippen LogP contribution in [0.1, 0.15) is 12.5 Å². The van der Waals surface area contributed by atoms with E-state index in [9.17, 15) is 9.59 Å². The minimum atomic E-state index is -1.10. The van der Waals surface area contributed by atoms with Crippen LogP contribution in [0.15, 0.2) is 45.2 Å². The number of benzene rings is 1. The molecule has 6 nitrogen and oxygen atoms in total. The van der Waals surface area contributed by atoms with Crippen LogP contribution in [0.25, 0.3) is 0 Å². The van der Waals surface area contributed by atoms with Gasteiger partial charge in [0.15, 0.2) is 0 Å². The minimum absolute atomic E-state index is 0.246. The normalized spacial score (nSPS) is 19.4. The fraction of sp³-hybridized carbons (Fsp3) is 0.176. The van der Waals surface area contributed by atoms with E-state index >= 15 is 0 Å². The van der Waals surface area contributed by atoms with Crippen molar-refractivity contribution in [2.45, 2.75) is 11.8 Å². The summed E-state index contributed by atoms with van der Waals surface area (Å²) in [7, 11) is 0. The predicted octanol–water partition coefficient (Wildman–Crippen LogP) is 3.16. The van der Waals surface area contributed by atoms with Gasteiger partial charge in [-0.05, 0) is 37.3 Å². The highest BCUT2D eigenvalue weighted by molar-refractivity contribution is 8.26. The maximum Gasteiger partial charge on any atom is 0.323 e. The highest BCUT2D eigenvalue weighted by Gasteiger charge is 2.33. The summed E-state index contributed by atoms with van der Waals surface area (Å²) in [6.45, 7) is 2.29. The molecular formula is C17H13N3O3S3.